The van der Waals surface area contributed by atoms with Crippen LogP contribution in [0.4, 0.5) is 5.69 Å². The molecule has 3 heteroatoms. The minimum Gasteiger partial charge on any atom is -0.242 e. The highest BCUT2D eigenvalue weighted by molar-refractivity contribution is 8.14. The molecule has 0 N–H and O–H groups in total. The lowest BCUT2D eigenvalue weighted by molar-refractivity contribution is 1.16. The quantitative estimate of drug-likeness (QED) is 0.286. The van der Waals surface area contributed by atoms with Crippen molar-refractivity contribution in [1.29, 1.82) is 0 Å². The molecule has 28 heavy (non-hydrogen) atoms. The minimum atomic E-state index is 0.976. The summed E-state index contributed by atoms with van der Waals surface area (Å²) in [7, 11) is 0. The van der Waals surface area contributed by atoms with E-state index in [1.54, 1.807) is 11.8 Å². The van der Waals surface area contributed by atoms with Crippen LogP contribution >= 0.6 is 23.5 Å². The van der Waals surface area contributed by atoms with E-state index >= 15 is 0 Å². The van der Waals surface area contributed by atoms with Crippen molar-refractivity contribution in [2.75, 3.05) is 5.75 Å². The second-order valence-electron chi connectivity index (χ2n) is 6.47. The number of hydrogen-bond donors (Lipinski definition) is 0. The van der Waals surface area contributed by atoms with Crippen LogP contribution in [0.2, 0.25) is 0 Å². The zero-order chi connectivity index (χ0) is 19.4. The number of rotatable bonds is 8. The van der Waals surface area contributed by atoms with E-state index in [1.807, 2.05) is 11.8 Å². The molecule has 1 nitrogen and oxygen atoms in total. The van der Waals surface area contributed by atoms with Gasteiger partial charge in [0.15, 0.2) is 0 Å². The number of nitrogens with zero attached hydrogens (tertiary/aromatic N) is 1. The van der Waals surface area contributed by atoms with E-state index in [1.165, 1.54) is 16.7 Å². The molecule has 0 aromatic heterocycles. The molecule has 3 aromatic rings. The standard InChI is InChI=1S/C25H25NS2/c1-21-12-14-24(15-13-21)26-25(28-19-16-22-8-4-2-5-9-22)17-18-27-20-23-10-6-3-7-11-23/h2-15,17-18H,16,19-20H2,1H3. The molecule has 0 radical (unpaired) electrons. The molecular weight excluding hydrogens is 378 g/mol. The molecule has 142 valence electrons. The largest absolute Gasteiger partial charge is 0.242 e. The maximum Gasteiger partial charge on any atom is 0.0972 e. The highest BCUT2D eigenvalue weighted by Crippen LogP contribution is 2.20. The Bertz CT molecular complexity index is 885. The second kappa shape index (κ2) is 11.6. The third-order valence-corrected chi connectivity index (χ3v) is 5.92. The zero-order valence-corrected chi connectivity index (χ0v) is 17.8. The Morgan fingerprint density at radius 3 is 2.14 bits per heavy atom. The van der Waals surface area contributed by atoms with Gasteiger partial charge in [0, 0.05) is 11.5 Å². The van der Waals surface area contributed by atoms with Gasteiger partial charge in [-0.3, -0.25) is 0 Å². The Morgan fingerprint density at radius 1 is 0.821 bits per heavy atom. The number of aliphatic imine (C=N–C) groups is 1. The van der Waals surface area contributed by atoms with Crippen molar-refractivity contribution in [3.63, 3.8) is 0 Å². The van der Waals surface area contributed by atoms with Crippen LogP contribution in [0.3, 0.4) is 0 Å². The van der Waals surface area contributed by atoms with Gasteiger partial charge in [0.25, 0.3) is 0 Å². The molecule has 0 bridgehead atoms. The first kappa shape index (κ1) is 20.5. The summed E-state index contributed by atoms with van der Waals surface area (Å²) in [5.74, 6) is 1.99. The van der Waals surface area contributed by atoms with Crippen molar-refractivity contribution in [1.82, 2.24) is 0 Å². The Balaban J connectivity index is 1.61. The molecule has 0 aliphatic heterocycles. The minimum absolute atomic E-state index is 0.976. The molecule has 0 atom stereocenters. The summed E-state index contributed by atoms with van der Waals surface area (Å²) in [6.45, 7) is 2.10. The fraction of sp³-hybridized carbons (Fsp3) is 0.160. The van der Waals surface area contributed by atoms with E-state index in [-0.39, 0.29) is 0 Å². The van der Waals surface area contributed by atoms with Crippen molar-refractivity contribution >= 4 is 34.3 Å². The topological polar surface area (TPSA) is 12.4 Å². The van der Waals surface area contributed by atoms with Crippen LogP contribution in [-0.2, 0) is 12.2 Å². The summed E-state index contributed by atoms with van der Waals surface area (Å²) in [6, 6.07) is 29.6. The average Bonchev–Trinajstić information content (AvgIpc) is 2.74. The Labute approximate surface area is 177 Å². The SMILES string of the molecule is Cc1ccc(N=C(C=CSCc2ccccc2)SCCc2ccccc2)cc1. The molecule has 0 spiro atoms. The molecule has 0 saturated carbocycles. The maximum atomic E-state index is 4.85. The summed E-state index contributed by atoms with van der Waals surface area (Å²) in [6.07, 6.45) is 3.19. The van der Waals surface area contributed by atoms with Gasteiger partial charge in [0.05, 0.1) is 10.7 Å². The molecule has 0 amide bonds. The summed E-state index contributed by atoms with van der Waals surface area (Å²) >= 11 is 3.61. The van der Waals surface area contributed by atoms with Crippen molar-refractivity contribution in [2.24, 2.45) is 4.99 Å². The molecule has 3 rings (SSSR count). The average molecular weight is 404 g/mol. The van der Waals surface area contributed by atoms with E-state index in [0.717, 1.165) is 28.7 Å². The van der Waals surface area contributed by atoms with Crippen molar-refractivity contribution in [3.8, 4) is 0 Å². The fourth-order valence-electron chi connectivity index (χ4n) is 2.61. The smallest absolute Gasteiger partial charge is 0.0972 e. The summed E-state index contributed by atoms with van der Waals surface area (Å²) in [5.41, 5.74) is 4.97. The van der Waals surface area contributed by atoms with Crippen LogP contribution in [0.1, 0.15) is 16.7 Å². The molecule has 0 saturated heterocycles. The Hall–Kier alpha value is -2.23. The number of hydrogen-bond acceptors (Lipinski definition) is 3. The lowest BCUT2D eigenvalue weighted by atomic mass is 10.2. The Kier molecular flexibility index (Phi) is 8.48. The van der Waals surface area contributed by atoms with Gasteiger partial charge >= 0.3 is 0 Å². The van der Waals surface area contributed by atoms with Gasteiger partial charge < -0.3 is 0 Å². The van der Waals surface area contributed by atoms with Gasteiger partial charge in [-0.15, -0.1) is 23.5 Å². The van der Waals surface area contributed by atoms with Gasteiger partial charge in [0.1, 0.15) is 0 Å². The van der Waals surface area contributed by atoms with Crippen LogP contribution in [-0.4, -0.2) is 10.8 Å². The van der Waals surface area contributed by atoms with Crippen LogP contribution in [0, 0.1) is 6.92 Å². The third kappa shape index (κ3) is 7.41. The highest BCUT2D eigenvalue weighted by atomic mass is 32.2. The number of aryl methyl sites for hydroxylation is 2. The van der Waals surface area contributed by atoms with Crippen LogP contribution in [0.25, 0.3) is 0 Å². The third-order valence-electron chi connectivity index (χ3n) is 4.16. The maximum absolute atomic E-state index is 4.85. The summed E-state index contributed by atoms with van der Waals surface area (Å²) in [4.78, 5) is 4.85. The lowest BCUT2D eigenvalue weighted by Gasteiger charge is -2.04. The van der Waals surface area contributed by atoms with E-state index in [9.17, 15) is 0 Å². The molecule has 0 fully saturated rings. The summed E-state index contributed by atoms with van der Waals surface area (Å²) < 4.78 is 0. The molecule has 0 unspecified atom stereocenters. The predicted molar refractivity (Wildman–Crippen MR) is 128 cm³/mol. The van der Waals surface area contributed by atoms with Gasteiger partial charge in [-0.05, 0) is 48.1 Å². The van der Waals surface area contributed by atoms with Crippen LogP contribution in [0.15, 0.2) is 101 Å². The van der Waals surface area contributed by atoms with Crippen LogP contribution < -0.4 is 0 Å². The van der Waals surface area contributed by atoms with Gasteiger partial charge in [-0.1, -0.05) is 78.4 Å². The molecule has 3 aromatic carbocycles. The first-order valence-corrected chi connectivity index (χ1v) is 11.5. The highest BCUT2D eigenvalue weighted by Gasteiger charge is 2.00. The molecule has 0 heterocycles. The van der Waals surface area contributed by atoms with Gasteiger partial charge in [-0.2, -0.15) is 0 Å². The normalized spacial score (nSPS) is 11.8. The monoisotopic (exact) mass is 403 g/mol. The van der Waals surface area contributed by atoms with Crippen molar-refractivity contribution < 1.29 is 0 Å². The fourth-order valence-corrected chi connectivity index (χ4v) is 4.28. The number of benzene rings is 3. The summed E-state index contributed by atoms with van der Waals surface area (Å²) in [5, 5.41) is 3.22. The van der Waals surface area contributed by atoms with E-state index in [4.69, 9.17) is 4.99 Å². The lowest BCUT2D eigenvalue weighted by Crippen LogP contribution is -1.93. The van der Waals surface area contributed by atoms with E-state index < -0.39 is 0 Å². The van der Waals surface area contributed by atoms with Crippen LogP contribution in [0.5, 0.6) is 0 Å². The van der Waals surface area contributed by atoms with E-state index in [0.29, 0.717) is 0 Å². The van der Waals surface area contributed by atoms with Gasteiger partial charge in [0.2, 0.25) is 0 Å². The zero-order valence-electron chi connectivity index (χ0n) is 16.1. The van der Waals surface area contributed by atoms with Crippen molar-refractivity contribution in [3.05, 3.63) is 113 Å². The molecule has 0 aliphatic carbocycles. The van der Waals surface area contributed by atoms with Gasteiger partial charge in [-0.25, -0.2) is 4.99 Å². The second-order valence-corrected chi connectivity index (χ2v) is 8.48. The predicted octanol–water partition coefficient (Wildman–Crippen LogP) is 7.45. The first-order valence-electron chi connectivity index (χ1n) is 9.44. The first-order chi connectivity index (χ1) is 13.8. The Morgan fingerprint density at radius 2 is 1.46 bits per heavy atom. The number of thioether (sulfide) groups is 2. The molecule has 0 aliphatic rings. The van der Waals surface area contributed by atoms with Crippen molar-refractivity contribution in [2.45, 2.75) is 19.1 Å². The van der Waals surface area contributed by atoms with E-state index in [2.05, 4.69) is 103 Å². The molecular formula is C25H25NS2.